The zero-order valence-electron chi connectivity index (χ0n) is 14.4. The van der Waals surface area contributed by atoms with Gasteiger partial charge in [0.25, 0.3) is 0 Å². The van der Waals surface area contributed by atoms with E-state index in [-0.39, 0.29) is 0 Å². The van der Waals surface area contributed by atoms with Crippen molar-refractivity contribution in [3.05, 3.63) is 39.8 Å². The summed E-state index contributed by atoms with van der Waals surface area (Å²) in [6, 6.07) is 4.32. The lowest BCUT2D eigenvalue weighted by molar-refractivity contribution is -0.192. The number of aryl methyl sites for hydroxylation is 1. The van der Waals surface area contributed by atoms with Gasteiger partial charge in [0.2, 0.25) is 0 Å². The average Bonchev–Trinajstić information content (AvgIpc) is 3.18. The topological polar surface area (TPSA) is 67.6 Å². The molecule has 0 saturated carbocycles. The third-order valence-corrected chi connectivity index (χ3v) is 4.75. The van der Waals surface area contributed by atoms with E-state index in [9.17, 15) is 13.2 Å². The molecule has 3 heterocycles. The molecule has 1 N–H and O–H groups in total. The van der Waals surface area contributed by atoms with Crippen LogP contribution in [0.5, 0.6) is 0 Å². The second-order valence-corrected chi connectivity index (χ2v) is 6.92. The molecule has 6 nitrogen and oxygen atoms in total. The lowest BCUT2D eigenvalue weighted by Crippen LogP contribution is -2.35. The number of carbonyl (C=O) groups is 1. The SMILES string of the molecule is COCC1CN(Cc2cccs2)Cc2cnn(C)c21.O=C(O)C(F)(F)F. The largest absolute Gasteiger partial charge is 0.490 e. The van der Waals surface area contributed by atoms with Crippen LogP contribution in [0.2, 0.25) is 0 Å². The molecule has 144 valence electrons. The van der Waals surface area contributed by atoms with E-state index in [1.165, 1.54) is 16.1 Å². The van der Waals surface area contributed by atoms with Crippen LogP contribution in [0.15, 0.2) is 23.7 Å². The van der Waals surface area contributed by atoms with Crippen LogP contribution in [0.25, 0.3) is 0 Å². The van der Waals surface area contributed by atoms with Gasteiger partial charge < -0.3 is 9.84 Å². The molecular formula is C16H20F3N3O3S. The van der Waals surface area contributed by atoms with Crippen LogP contribution in [0.3, 0.4) is 0 Å². The van der Waals surface area contributed by atoms with Crippen molar-refractivity contribution in [3.8, 4) is 0 Å². The lowest BCUT2D eigenvalue weighted by atomic mass is 9.97. The number of fused-ring (bicyclic) bond motifs is 1. The monoisotopic (exact) mass is 391 g/mol. The molecule has 0 aliphatic carbocycles. The summed E-state index contributed by atoms with van der Waals surface area (Å²) in [6.45, 7) is 3.80. The van der Waals surface area contributed by atoms with Gasteiger partial charge in [-0.05, 0) is 11.4 Å². The number of carboxylic acids is 1. The van der Waals surface area contributed by atoms with Crippen molar-refractivity contribution >= 4 is 17.3 Å². The molecule has 1 unspecified atom stereocenters. The van der Waals surface area contributed by atoms with E-state index in [1.807, 2.05) is 29.3 Å². The second kappa shape index (κ2) is 8.65. The third-order valence-electron chi connectivity index (χ3n) is 3.89. The van der Waals surface area contributed by atoms with Gasteiger partial charge in [0.05, 0.1) is 12.8 Å². The lowest BCUT2D eigenvalue weighted by Gasteiger charge is -2.32. The maximum atomic E-state index is 10.6. The predicted octanol–water partition coefficient (Wildman–Crippen LogP) is 2.86. The Bertz CT molecular complexity index is 716. The van der Waals surface area contributed by atoms with Crippen LogP contribution < -0.4 is 0 Å². The molecule has 10 heteroatoms. The number of nitrogens with zero attached hydrogens (tertiary/aromatic N) is 3. The number of rotatable bonds is 4. The highest BCUT2D eigenvalue weighted by Crippen LogP contribution is 2.29. The van der Waals surface area contributed by atoms with Gasteiger partial charge in [-0.15, -0.1) is 11.3 Å². The van der Waals surface area contributed by atoms with Crippen molar-refractivity contribution in [1.82, 2.24) is 14.7 Å². The first-order chi connectivity index (χ1) is 12.2. The summed E-state index contributed by atoms with van der Waals surface area (Å²) in [5.74, 6) is -2.34. The van der Waals surface area contributed by atoms with Crippen LogP contribution in [-0.4, -0.2) is 52.2 Å². The first kappa shape index (κ1) is 20.4. The Morgan fingerprint density at radius 1 is 1.50 bits per heavy atom. The molecule has 1 aliphatic heterocycles. The van der Waals surface area contributed by atoms with Gasteiger partial charge >= 0.3 is 12.1 Å². The Kier molecular flexibility index (Phi) is 6.79. The first-order valence-corrected chi connectivity index (χ1v) is 8.65. The Hall–Kier alpha value is -1.91. The summed E-state index contributed by atoms with van der Waals surface area (Å²) < 4.78 is 39.1. The van der Waals surface area contributed by atoms with Crippen LogP contribution in [0.4, 0.5) is 13.2 Å². The summed E-state index contributed by atoms with van der Waals surface area (Å²) in [5, 5.41) is 13.7. The second-order valence-electron chi connectivity index (χ2n) is 5.88. The van der Waals surface area contributed by atoms with Crippen LogP contribution in [0.1, 0.15) is 22.1 Å². The minimum Gasteiger partial charge on any atom is -0.475 e. The molecule has 0 aromatic carbocycles. The van der Waals surface area contributed by atoms with E-state index in [1.54, 1.807) is 7.11 Å². The average molecular weight is 391 g/mol. The normalized spacial score (nSPS) is 17.3. The molecule has 26 heavy (non-hydrogen) atoms. The van der Waals surface area contributed by atoms with Gasteiger partial charge in [-0.25, -0.2) is 4.79 Å². The molecule has 0 radical (unpaired) electrons. The predicted molar refractivity (Wildman–Crippen MR) is 89.9 cm³/mol. The zero-order chi connectivity index (χ0) is 19.3. The highest BCUT2D eigenvalue weighted by molar-refractivity contribution is 7.09. The van der Waals surface area contributed by atoms with Gasteiger partial charge in [-0.2, -0.15) is 18.3 Å². The quantitative estimate of drug-likeness (QED) is 0.868. The summed E-state index contributed by atoms with van der Waals surface area (Å²) >= 11 is 1.82. The molecule has 3 rings (SSSR count). The fraction of sp³-hybridized carbons (Fsp3) is 0.500. The van der Waals surface area contributed by atoms with Crippen molar-refractivity contribution in [3.63, 3.8) is 0 Å². The fourth-order valence-corrected chi connectivity index (χ4v) is 3.67. The molecule has 1 aliphatic rings. The maximum absolute atomic E-state index is 10.6. The molecule has 2 aromatic heterocycles. The van der Waals surface area contributed by atoms with E-state index in [2.05, 4.69) is 27.5 Å². The minimum atomic E-state index is -5.08. The molecular weight excluding hydrogens is 371 g/mol. The van der Waals surface area contributed by atoms with E-state index >= 15 is 0 Å². The van der Waals surface area contributed by atoms with E-state index in [0.717, 1.165) is 26.2 Å². The van der Waals surface area contributed by atoms with E-state index in [4.69, 9.17) is 14.6 Å². The van der Waals surface area contributed by atoms with Crippen molar-refractivity contribution in [2.45, 2.75) is 25.2 Å². The number of aliphatic carboxylic acids is 1. The van der Waals surface area contributed by atoms with E-state index < -0.39 is 12.1 Å². The molecule has 0 spiro atoms. The molecule has 0 saturated heterocycles. The summed E-state index contributed by atoms with van der Waals surface area (Å²) in [6.07, 6.45) is -3.08. The number of aromatic nitrogens is 2. The fourth-order valence-electron chi connectivity index (χ4n) is 2.92. The number of thiophene rings is 1. The maximum Gasteiger partial charge on any atom is 0.490 e. The Balaban J connectivity index is 0.000000298. The van der Waals surface area contributed by atoms with Gasteiger partial charge in [-0.1, -0.05) is 6.07 Å². The number of alkyl halides is 3. The zero-order valence-corrected chi connectivity index (χ0v) is 15.2. The molecule has 0 bridgehead atoms. The summed E-state index contributed by atoms with van der Waals surface area (Å²) in [5.41, 5.74) is 2.68. The van der Waals surface area contributed by atoms with Crippen LogP contribution in [0, 0.1) is 0 Å². The summed E-state index contributed by atoms with van der Waals surface area (Å²) in [7, 11) is 3.80. The van der Waals surface area contributed by atoms with Crippen molar-refractivity contribution in [2.75, 3.05) is 20.3 Å². The van der Waals surface area contributed by atoms with Crippen LogP contribution in [-0.2, 0) is 29.7 Å². The third kappa shape index (κ3) is 5.29. The van der Waals surface area contributed by atoms with Crippen molar-refractivity contribution in [1.29, 1.82) is 0 Å². The van der Waals surface area contributed by atoms with E-state index in [0.29, 0.717) is 5.92 Å². The number of halogens is 3. The Morgan fingerprint density at radius 3 is 2.73 bits per heavy atom. The number of hydrogen-bond acceptors (Lipinski definition) is 5. The van der Waals surface area contributed by atoms with Crippen molar-refractivity contribution in [2.24, 2.45) is 7.05 Å². The highest BCUT2D eigenvalue weighted by Gasteiger charge is 2.38. The molecule has 0 amide bonds. The summed E-state index contributed by atoms with van der Waals surface area (Å²) in [4.78, 5) is 12.8. The minimum absolute atomic E-state index is 0.418. The smallest absolute Gasteiger partial charge is 0.475 e. The standard InChI is InChI=1S/C14H19N3OS.C2HF3O2/c1-16-14-11(6-15-16)7-17(8-12(14)10-18-2)9-13-4-3-5-19-13;3-2(4,5)1(6)7/h3-6,12H,7-10H2,1-2H3;(H,6,7). The van der Waals surface area contributed by atoms with Gasteiger partial charge in [0.15, 0.2) is 0 Å². The molecule has 1 atom stereocenters. The van der Waals surface area contributed by atoms with Gasteiger partial charge in [-0.3, -0.25) is 9.58 Å². The van der Waals surface area contributed by atoms with Crippen LogP contribution >= 0.6 is 11.3 Å². The Morgan fingerprint density at radius 2 is 2.19 bits per heavy atom. The van der Waals surface area contributed by atoms with Gasteiger partial charge in [0.1, 0.15) is 0 Å². The number of carboxylic acid groups (broad SMARTS) is 1. The van der Waals surface area contributed by atoms with Gasteiger partial charge in [0, 0.05) is 55.8 Å². The number of methoxy groups -OCH3 is 1. The number of ether oxygens (including phenoxy) is 1. The molecule has 0 fully saturated rings. The molecule has 2 aromatic rings. The Labute approximate surface area is 152 Å². The highest BCUT2D eigenvalue weighted by atomic mass is 32.1. The first-order valence-electron chi connectivity index (χ1n) is 7.77. The van der Waals surface area contributed by atoms with Crippen molar-refractivity contribution < 1.29 is 27.8 Å². The number of hydrogen-bond donors (Lipinski definition) is 1.